The van der Waals surface area contributed by atoms with Gasteiger partial charge in [-0.25, -0.2) is 4.79 Å². The molecule has 6 nitrogen and oxygen atoms in total. The molecule has 2 fully saturated rings. The fraction of sp³-hybridized carbons (Fsp3) is 0.500. The van der Waals surface area contributed by atoms with E-state index >= 15 is 0 Å². The fourth-order valence-corrected chi connectivity index (χ4v) is 2.94. The number of benzene rings is 1. The number of ether oxygens (including phenoxy) is 1. The highest BCUT2D eigenvalue weighted by molar-refractivity contribution is 6.04. The number of aliphatic hydroxyl groups is 1. The number of rotatable bonds is 5. The van der Waals surface area contributed by atoms with Gasteiger partial charge in [-0.2, -0.15) is 0 Å². The van der Waals surface area contributed by atoms with Crippen molar-refractivity contribution in [3.8, 4) is 5.75 Å². The normalized spacial score (nSPS) is 22.2. The molecule has 118 valence electrons. The molecule has 0 unspecified atom stereocenters. The van der Waals surface area contributed by atoms with Gasteiger partial charge in [-0.15, -0.1) is 0 Å². The van der Waals surface area contributed by atoms with Crippen molar-refractivity contribution < 1.29 is 19.4 Å². The first kappa shape index (κ1) is 14.8. The van der Waals surface area contributed by atoms with Crippen molar-refractivity contribution in [2.75, 3.05) is 19.7 Å². The van der Waals surface area contributed by atoms with Crippen molar-refractivity contribution in [3.63, 3.8) is 0 Å². The van der Waals surface area contributed by atoms with Crippen LogP contribution in [0.5, 0.6) is 5.75 Å². The van der Waals surface area contributed by atoms with Crippen molar-refractivity contribution >= 4 is 11.9 Å². The molecule has 3 rings (SSSR count). The summed E-state index contributed by atoms with van der Waals surface area (Å²) in [6.45, 7) is 2.64. The molecule has 2 aliphatic rings. The molecule has 0 aliphatic carbocycles. The highest BCUT2D eigenvalue weighted by Crippen LogP contribution is 2.27. The summed E-state index contributed by atoms with van der Waals surface area (Å²) in [4.78, 5) is 27.0. The number of aliphatic hydroxyl groups excluding tert-OH is 1. The molecule has 2 heterocycles. The largest absolute Gasteiger partial charge is 0.491 e. The molecule has 22 heavy (non-hydrogen) atoms. The number of hydrogen-bond acceptors (Lipinski definition) is 4. The van der Waals surface area contributed by atoms with E-state index in [1.54, 1.807) is 4.90 Å². The number of urea groups is 1. The topological polar surface area (TPSA) is 70.1 Å². The van der Waals surface area contributed by atoms with Gasteiger partial charge in [0, 0.05) is 6.54 Å². The number of hydrogen-bond donors (Lipinski definition) is 1. The second kappa shape index (κ2) is 5.96. The van der Waals surface area contributed by atoms with Gasteiger partial charge in [0.1, 0.15) is 24.5 Å². The van der Waals surface area contributed by atoms with Crippen molar-refractivity contribution in [1.82, 2.24) is 9.80 Å². The zero-order valence-electron chi connectivity index (χ0n) is 12.6. The van der Waals surface area contributed by atoms with Crippen LogP contribution in [0.1, 0.15) is 18.4 Å². The van der Waals surface area contributed by atoms with Crippen molar-refractivity contribution in [1.29, 1.82) is 0 Å². The fourth-order valence-electron chi connectivity index (χ4n) is 2.94. The van der Waals surface area contributed by atoms with Gasteiger partial charge >= 0.3 is 6.03 Å². The average Bonchev–Trinajstić information content (AvgIpc) is 3.07. The van der Waals surface area contributed by atoms with Gasteiger partial charge in [-0.05, 0) is 31.9 Å². The van der Waals surface area contributed by atoms with Gasteiger partial charge in [0.05, 0.1) is 6.54 Å². The van der Waals surface area contributed by atoms with Gasteiger partial charge in [0.2, 0.25) is 0 Å². The molecule has 1 N–H and O–H groups in total. The minimum Gasteiger partial charge on any atom is -0.491 e. The highest BCUT2D eigenvalue weighted by Gasteiger charge is 2.47. The van der Waals surface area contributed by atoms with Crippen LogP contribution in [0.15, 0.2) is 24.3 Å². The van der Waals surface area contributed by atoms with E-state index in [-0.39, 0.29) is 31.1 Å². The van der Waals surface area contributed by atoms with Crippen molar-refractivity contribution in [2.24, 2.45) is 0 Å². The third-order valence-corrected chi connectivity index (χ3v) is 4.14. The maximum atomic E-state index is 12.2. The Morgan fingerprint density at radius 2 is 2.05 bits per heavy atom. The van der Waals surface area contributed by atoms with Crippen LogP contribution in [0.3, 0.4) is 0 Å². The summed E-state index contributed by atoms with van der Waals surface area (Å²) < 4.78 is 5.48. The Morgan fingerprint density at radius 1 is 1.32 bits per heavy atom. The number of β-amino-alcohol motifs (C(OH)–C–C–N with tert-alkyl or cyclic N) is 1. The summed E-state index contributed by atoms with van der Waals surface area (Å²) in [6, 6.07) is 6.88. The minimum absolute atomic E-state index is 0.0173. The van der Waals surface area contributed by atoms with Gasteiger partial charge in [-0.1, -0.05) is 17.7 Å². The quantitative estimate of drug-likeness (QED) is 0.829. The second-order valence-electron chi connectivity index (χ2n) is 5.86. The Kier molecular flexibility index (Phi) is 4.02. The lowest BCUT2D eigenvalue weighted by molar-refractivity contribution is -0.129. The molecule has 0 radical (unpaired) electrons. The highest BCUT2D eigenvalue weighted by atomic mass is 16.5. The molecular formula is C16H20N2O4. The molecule has 0 saturated carbocycles. The van der Waals surface area contributed by atoms with E-state index in [0.717, 1.165) is 23.3 Å². The summed E-state index contributed by atoms with van der Waals surface area (Å²) in [7, 11) is 0. The molecule has 2 atom stereocenters. The van der Waals surface area contributed by atoms with Crippen LogP contribution in [0.2, 0.25) is 0 Å². The van der Waals surface area contributed by atoms with E-state index < -0.39 is 6.10 Å². The monoisotopic (exact) mass is 304 g/mol. The van der Waals surface area contributed by atoms with Crippen molar-refractivity contribution in [2.45, 2.75) is 31.9 Å². The molecule has 2 saturated heterocycles. The Morgan fingerprint density at radius 3 is 2.73 bits per heavy atom. The van der Waals surface area contributed by atoms with Crippen molar-refractivity contribution in [3.05, 3.63) is 29.8 Å². The van der Waals surface area contributed by atoms with E-state index in [0.29, 0.717) is 12.3 Å². The van der Waals surface area contributed by atoms with Crippen LogP contribution >= 0.6 is 0 Å². The Bertz CT molecular complexity index is 550. The predicted molar refractivity (Wildman–Crippen MR) is 79.5 cm³/mol. The molecule has 0 bridgehead atoms. The van der Waals surface area contributed by atoms with Crippen LogP contribution in [0, 0.1) is 6.92 Å². The smallest absolute Gasteiger partial charge is 0.327 e. The Balaban J connectivity index is 1.53. The molecule has 1 aromatic carbocycles. The summed E-state index contributed by atoms with van der Waals surface area (Å²) >= 11 is 0. The first-order valence-electron chi connectivity index (χ1n) is 7.56. The third kappa shape index (κ3) is 2.78. The summed E-state index contributed by atoms with van der Waals surface area (Å²) in [6.07, 6.45) is 0.695. The maximum Gasteiger partial charge on any atom is 0.327 e. The zero-order chi connectivity index (χ0) is 15.7. The zero-order valence-corrected chi connectivity index (χ0v) is 12.6. The number of carbonyl (C=O) groups excluding carboxylic acids is 2. The van der Waals surface area contributed by atoms with Gasteiger partial charge in [-0.3, -0.25) is 9.69 Å². The van der Waals surface area contributed by atoms with Crippen LogP contribution in [-0.4, -0.2) is 58.7 Å². The first-order chi connectivity index (χ1) is 10.6. The van der Waals surface area contributed by atoms with E-state index in [9.17, 15) is 14.7 Å². The lowest BCUT2D eigenvalue weighted by atomic mass is 10.2. The number of amides is 3. The number of fused-ring (bicyclic) bond motifs is 1. The standard InChI is InChI=1S/C16H20N2O4/c1-11-4-6-13(7-5-11)22-10-12(19)9-18-15(20)14-3-2-8-17(14)16(18)21/h4-7,12,14,19H,2-3,8-10H2,1H3/t12-,14-/m1/s1. The molecule has 2 aliphatic heterocycles. The van der Waals surface area contributed by atoms with E-state index in [1.165, 1.54) is 0 Å². The number of carbonyl (C=O) groups is 2. The lowest BCUT2D eigenvalue weighted by Crippen LogP contribution is -2.41. The maximum absolute atomic E-state index is 12.2. The third-order valence-electron chi connectivity index (χ3n) is 4.14. The van der Waals surface area contributed by atoms with Gasteiger partial charge in [0.15, 0.2) is 0 Å². The van der Waals surface area contributed by atoms with E-state index in [1.807, 2.05) is 31.2 Å². The number of aryl methyl sites for hydroxylation is 1. The molecule has 0 aromatic heterocycles. The SMILES string of the molecule is Cc1ccc(OC[C@H](O)CN2C(=O)[C@H]3CCCN3C2=O)cc1. The minimum atomic E-state index is -0.894. The lowest BCUT2D eigenvalue weighted by Gasteiger charge is -2.19. The van der Waals surface area contributed by atoms with Crippen LogP contribution in [0.25, 0.3) is 0 Å². The van der Waals surface area contributed by atoms with E-state index in [2.05, 4.69) is 0 Å². The molecule has 3 amide bonds. The predicted octanol–water partition coefficient (Wildman–Crippen LogP) is 1.16. The number of imide groups is 1. The number of nitrogens with zero attached hydrogens (tertiary/aromatic N) is 2. The van der Waals surface area contributed by atoms with E-state index in [4.69, 9.17) is 4.74 Å². The average molecular weight is 304 g/mol. The Hall–Kier alpha value is -2.08. The van der Waals surface area contributed by atoms with Gasteiger partial charge in [0.25, 0.3) is 5.91 Å². The summed E-state index contributed by atoms with van der Waals surface area (Å²) in [5, 5.41) is 10.0. The molecular weight excluding hydrogens is 284 g/mol. The van der Waals surface area contributed by atoms with Gasteiger partial charge < -0.3 is 14.7 Å². The molecule has 6 heteroatoms. The van der Waals surface area contributed by atoms with Crippen LogP contribution < -0.4 is 4.74 Å². The summed E-state index contributed by atoms with van der Waals surface area (Å²) in [5.41, 5.74) is 1.13. The first-order valence-corrected chi connectivity index (χ1v) is 7.56. The summed E-state index contributed by atoms with van der Waals surface area (Å²) in [5.74, 6) is 0.459. The second-order valence-corrected chi connectivity index (χ2v) is 5.86. The van der Waals surface area contributed by atoms with Crippen LogP contribution in [-0.2, 0) is 4.79 Å². The Labute approximate surface area is 129 Å². The molecule has 1 aromatic rings. The van der Waals surface area contributed by atoms with Crippen LogP contribution in [0.4, 0.5) is 4.79 Å². The molecule has 0 spiro atoms.